The van der Waals surface area contributed by atoms with Crippen molar-refractivity contribution in [2.24, 2.45) is 10.7 Å². The minimum Gasteiger partial charge on any atom is -0.376 e. The molecule has 0 saturated carbocycles. The van der Waals surface area contributed by atoms with E-state index in [1.54, 1.807) is 0 Å². The van der Waals surface area contributed by atoms with Gasteiger partial charge in [0.15, 0.2) is 5.96 Å². The third-order valence-corrected chi connectivity index (χ3v) is 5.15. The number of nitrogens with two attached hydrogens (primary N) is 1. The van der Waals surface area contributed by atoms with Gasteiger partial charge in [-0.25, -0.2) is 0 Å². The second kappa shape index (κ2) is 4.94. The SMILES string of the molecule is CC1CC2(CCN1C)CN=C(N)N2CC1CCCO1. The number of ether oxygens (including phenoxy) is 1. The molecule has 3 aliphatic heterocycles. The third kappa shape index (κ3) is 2.34. The molecule has 3 atom stereocenters. The van der Waals surface area contributed by atoms with Crippen molar-refractivity contribution in [2.75, 3.05) is 33.3 Å². The van der Waals surface area contributed by atoms with Crippen LogP contribution in [0.2, 0.25) is 0 Å². The summed E-state index contributed by atoms with van der Waals surface area (Å²) in [6.07, 6.45) is 5.00. The second-order valence-electron chi connectivity index (χ2n) is 6.43. The van der Waals surface area contributed by atoms with E-state index in [1.165, 1.54) is 6.42 Å². The molecule has 2 fully saturated rings. The first kappa shape index (κ1) is 13.2. The van der Waals surface area contributed by atoms with E-state index in [0.29, 0.717) is 12.1 Å². The average molecular weight is 266 g/mol. The Kier molecular flexibility index (Phi) is 3.43. The van der Waals surface area contributed by atoms with Crippen LogP contribution in [-0.4, -0.2) is 66.7 Å². The molecule has 108 valence electrons. The van der Waals surface area contributed by atoms with Crippen molar-refractivity contribution in [2.45, 2.75) is 50.3 Å². The van der Waals surface area contributed by atoms with Gasteiger partial charge in [0, 0.05) is 25.7 Å². The first-order valence-corrected chi connectivity index (χ1v) is 7.50. The van der Waals surface area contributed by atoms with Crippen LogP contribution in [0.3, 0.4) is 0 Å². The minimum atomic E-state index is 0.155. The van der Waals surface area contributed by atoms with Crippen molar-refractivity contribution in [3.8, 4) is 0 Å². The van der Waals surface area contributed by atoms with Crippen molar-refractivity contribution in [3.05, 3.63) is 0 Å². The summed E-state index contributed by atoms with van der Waals surface area (Å²) >= 11 is 0. The van der Waals surface area contributed by atoms with E-state index in [-0.39, 0.29) is 5.54 Å². The Labute approximate surface area is 115 Å². The molecule has 0 bridgehead atoms. The standard InChI is InChI=1S/C14H26N4O/c1-11-8-14(5-6-17(11)2)10-16-13(15)18(14)9-12-4-3-7-19-12/h11-12H,3-10H2,1-2H3,(H2,15,16). The normalized spacial score (nSPS) is 40.1. The highest BCUT2D eigenvalue weighted by Gasteiger charge is 2.46. The lowest BCUT2D eigenvalue weighted by Crippen LogP contribution is -2.60. The molecule has 0 aromatic rings. The second-order valence-corrected chi connectivity index (χ2v) is 6.43. The molecule has 3 unspecified atom stereocenters. The molecule has 0 amide bonds. The average Bonchev–Trinajstić information content (AvgIpc) is 2.99. The van der Waals surface area contributed by atoms with Crippen LogP contribution in [0.5, 0.6) is 0 Å². The van der Waals surface area contributed by atoms with Crippen LogP contribution < -0.4 is 5.73 Å². The number of piperidine rings is 1. The number of rotatable bonds is 2. The first-order chi connectivity index (χ1) is 9.11. The summed E-state index contributed by atoms with van der Waals surface area (Å²) < 4.78 is 5.78. The van der Waals surface area contributed by atoms with Crippen molar-refractivity contribution in [1.82, 2.24) is 9.80 Å². The topological polar surface area (TPSA) is 54.1 Å². The number of hydrogen-bond acceptors (Lipinski definition) is 5. The van der Waals surface area contributed by atoms with Gasteiger partial charge in [-0.1, -0.05) is 0 Å². The molecule has 3 heterocycles. The van der Waals surface area contributed by atoms with E-state index in [0.717, 1.165) is 51.5 Å². The van der Waals surface area contributed by atoms with Gasteiger partial charge in [-0.3, -0.25) is 4.99 Å². The van der Waals surface area contributed by atoms with Crippen LogP contribution in [0.1, 0.15) is 32.6 Å². The van der Waals surface area contributed by atoms with Gasteiger partial charge in [0.25, 0.3) is 0 Å². The fourth-order valence-corrected chi connectivity index (χ4v) is 3.72. The zero-order valence-electron chi connectivity index (χ0n) is 12.1. The Morgan fingerprint density at radius 2 is 2.37 bits per heavy atom. The Bertz CT molecular complexity index is 366. The first-order valence-electron chi connectivity index (χ1n) is 7.50. The summed E-state index contributed by atoms with van der Waals surface area (Å²) in [5.74, 6) is 0.729. The Balaban J connectivity index is 1.73. The molecule has 0 radical (unpaired) electrons. The summed E-state index contributed by atoms with van der Waals surface area (Å²) in [5.41, 5.74) is 6.30. The van der Waals surface area contributed by atoms with Gasteiger partial charge in [0.1, 0.15) is 0 Å². The zero-order valence-corrected chi connectivity index (χ0v) is 12.1. The fourth-order valence-electron chi connectivity index (χ4n) is 3.72. The summed E-state index contributed by atoms with van der Waals surface area (Å²) in [6, 6.07) is 0.599. The van der Waals surface area contributed by atoms with E-state index < -0.39 is 0 Å². The summed E-state index contributed by atoms with van der Waals surface area (Å²) in [7, 11) is 2.21. The van der Waals surface area contributed by atoms with Gasteiger partial charge < -0.3 is 20.3 Å². The molecule has 5 heteroatoms. The predicted octanol–water partition coefficient (Wildman–Crippen LogP) is 0.649. The van der Waals surface area contributed by atoms with Gasteiger partial charge in [-0.05, 0) is 39.7 Å². The lowest BCUT2D eigenvalue weighted by Gasteiger charge is -2.47. The van der Waals surface area contributed by atoms with E-state index in [2.05, 4.69) is 28.8 Å². The highest BCUT2D eigenvalue weighted by Crippen LogP contribution is 2.36. The van der Waals surface area contributed by atoms with Gasteiger partial charge in [0.2, 0.25) is 0 Å². The molecule has 0 aliphatic carbocycles. The molecule has 5 nitrogen and oxygen atoms in total. The van der Waals surface area contributed by atoms with E-state index in [4.69, 9.17) is 10.5 Å². The molecule has 0 aromatic heterocycles. The minimum absolute atomic E-state index is 0.155. The Hall–Kier alpha value is -0.810. The van der Waals surface area contributed by atoms with E-state index in [9.17, 15) is 0 Å². The quantitative estimate of drug-likeness (QED) is 0.797. The molecule has 3 aliphatic rings. The lowest BCUT2D eigenvalue weighted by atomic mass is 9.83. The number of guanidine groups is 1. The monoisotopic (exact) mass is 266 g/mol. The van der Waals surface area contributed by atoms with E-state index in [1.807, 2.05) is 0 Å². The molecule has 19 heavy (non-hydrogen) atoms. The van der Waals surface area contributed by atoms with Crippen molar-refractivity contribution in [1.29, 1.82) is 0 Å². The van der Waals surface area contributed by atoms with Crippen LogP contribution in [-0.2, 0) is 4.74 Å². The zero-order chi connectivity index (χ0) is 13.5. The summed E-state index contributed by atoms with van der Waals surface area (Å²) in [5, 5.41) is 0. The highest BCUT2D eigenvalue weighted by atomic mass is 16.5. The van der Waals surface area contributed by atoms with Crippen LogP contribution in [0.25, 0.3) is 0 Å². The number of hydrogen-bond donors (Lipinski definition) is 1. The smallest absolute Gasteiger partial charge is 0.191 e. The van der Waals surface area contributed by atoms with E-state index >= 15 is 0 Å². The molecule has 2 N–H and O–H groups in total. The largest absolute Gasteiger partial charge is 0.376 e. The Morgan fingerprint density at radius 3 is 3.05 bits per heavy atom. The van der Waals surface area contributed by atoms with Crippen molar-refractivity contribution < 1.29 is 4.74 Å². The molecular formula is C14H26N4O. The highest BCUT2D eigenvalue weighted by molar-refractivity contribution is 5.81. The summed E-state index contributed by atoms with van der Waals surface area (Å²) in [4.78, 5) is 9.33. The lowest BCUT2D eigenvalue weighted by molar-refractivity contribution is 0.0258. The van der Waals surface area contributed by atoms with Gasteiger partial charge in [-0.15, -0.1) is 0 Å². The van der Waals surface area contributed by atoms with Gasteiger partial charge >= 0.3 is 0 Å². The Morgan fingerprint density at radius 1 is 1.53 bits per heavy atom. The molecule has 1 spiro atoms. The van der Waals surface area contributed by atoms with Crippen LogP contribution in [0, 0.1) is 0 Å². The molecule has 0 aromatic carbocycles. The summed E-state index contributed by atoms with van der Waals surface area (Å²) in [6.45, 7) is 6.13. The number of aliphatic imine (C=N–C) groups is 1. The fraction of sp³-hybridized carbons (Fsp3) is 0.929. The van der Waals surface area contributed by atoms with Gasteiger partial charge in [0.05, 0.1) is 18.2 Å². The number of likely N-dealkylation sites (tertiary alicyclic amines) is 1. The van der Waals surface area contributed by atoms with Crippen LogP contribution in [0.15, 0.2) is 4.99 Å². The maximum atomic E-state index is 6.15. The van der Waals surface area contributed by atoms with Crippen LogP contribution >= 0.6 is 0 Å². The maximum Gasteiger partial charge on any atom is 0.191 e. The molecular weight excluding hydrogens is 240 g/mol. The number of nitrogens with zero attached hydrogens (tertiary/aromatic N) is 3. The van der Waals surface area contributed by atoms with Gasteiger partial charge in [-0.2, -0.15) is 0 Å². The van der Waals surface area contributed by atoms with Crippen LogP contribution in [0.4, 0.5) is 0 Å². The molecule has 2 saturated heterocycles. The maximum absolute atomic E-state index is 6.15. The van der Waals surface area contributed by atoms with Crippen molar-refractivity contribution >= 4 is 5.96 Å². The predicted molar refractivity (Wildman–Crippen MR) is 76.2 cm³/mol. The van der Waals surface area contributed by atoms with Crippen molar-refractivity contribution in [3.63, 3.8) is 0 Å². The third-order valence-electron chi connectivity index (χ3n) is 5.15. The molecule has 3 rings (SSSR count).